The zero-order valence-corrected chi connectivity index (χ0v) is 14.9. The molecule has 0 saturated carbocycles. The zero-order valence-electron chi connectivity index (χ0n) is 13.3. The van der Waals surface area contributed by atoms with Crippen LogP contribution in [0, 0.1) is 0 Å². The first-order valence-corrected chi connectivity index (χ1v) is 9.96. The van der Waals surface area contributed by atoms with Crippen LogP contribution in [0.15, 0.2) is 5.38 Å². The standard InChI is InChI=1S/C14H20N2O5S2/c1-14(2,3)21-13(18)10-8-22-12(16-10)11(17)15-9-4-6-23(19,20)7-5-9/h8-9H,4-7H2,1-3H3,(H,15,17). The molecule has 1 amide bonds. The van der Waals surface area contributed by atoms with E-state index in [-0.39, 0.29) is 28.2 Å². The first kappa shape index (κ1) is 17.9. The molecule has 2 rings (SSSR count). The number of nitrogens with zero attached hydrogens (tertiary/aromatic N) is 1. The van der Waals surface area contributed by atoms with Crippen molar-refractivity contribution in [3.05, 3.63) is 16.1 Å². The zero-order chi connectivity index (χ0) is 17.3. The molecule has 1 N–H and O–H groups in total. The molecule has 1 aromatic rings. The number of rotatable bonds is 3. The maximum atomic E-state index is 12.1. The van der Waals surface area contributed by atoms with Gasteiger partial charge in [0.1, 0.15) is 15.4 Å². The van der Waals surface area contributed by atoms with Crippen molar-refractivity contribution in [2.24, 2.45) is 0 Å². The van der Waals surface area contributed by atoms with E-state index >= 15 is 0 Å². The monoisotopic (exact) mass is 360 g/mol. The molecule has 0 unspecified atom stereocenters. The molecule has 23 heavy (non-hydrogen) atoms. The van der Waals surface area contributed by atoms with Gasteiger partial charge < -0.3 is 10.1 Å². The molecule has 1 fully saturated rings. The number of ether oxygens (including phenoxy) is 1. The minimum atomic E-state index is -2.97. The number of esters is 1. The number of sulfone groups is 1. The van der Waals surface area contributed by atoms with Crippen molar-refractivity contribution in [3.63, 3.8) is 0 Å². The number of thiazole rings is 1. The van der Waals surface area contributed by atoms with Crippen molar-refractivity contribution in [3.8, 4) is 0 Å². The Morgan fingerprint density at radius 2 is 1.91 bits per heavy atom. The average molecular weight is 360 g/mol. The lowest BCUT2D eigenvalue weighted by Gasteiger charge is -2.22. The Balaban J connectivity index is 1.95. The van der Waals surface area contributed by atoms with Gasteiger partial charge in [-0.15, -0.1) is 11.3 Å². The smallest absolute Gasteiger partial charge is 0.358 e. The van der Waals surface area contributed by atoms with Crippen LogP contribution in [0.5, 0.6) is 0 Å². The molecule has 0 radical (unpaired) electrons. The lowest BCUT2D eigenvalue weighted by atomic mass is 10.1. The predicted octanol–water partition coefficient (Wildman–Crippen LogP) is 1.41. The van der Waals surface area contributed by atoms with Crippen molar-refractivity contribution in [1.82, 2.24) is 10.3 Å². The van der Waals surface area contributed by atoms with E-state index in [1.54, 1.807) is 20.8 Å². The molecule has 0 atom stereocenters. The van der Waals surface area contributed by atoms with Gasteiger partial charge in [-0.25, -0.2) is 18.2 Å². The molecule has 2 heterocycles. The van der Waals surface area contributed by atoms with E-state index in [0.717, 1.165) is 11.3 Å². The lowest BCUT2D eigenvalue weighted by molar-refractivity contribution is 0.00636. The van der Waals surface area contributed by atoms with Gasteiger partial charge in [-0.3, -0.25) is 4.79 Å². The first-order chi connectivity index (χ1) is 10.6. The summed E-state index contributed by atoms with van der Waals surface area (Å²) in [5.41, 5.74) is -0.530. The topological polar surface area (TPSA) is 102 Å². The Kier molecular flexibility index (Phi) is 5.10. The highest BCUT2D eigenvalue weighted by atomic mass is 32.2. The van der Waals surface area contributed by atoms with Crippen molar-refractivity contribution < 1.29 is 22.7 Å². The van der Waals surface area contributed by atoms with E-state index in [1.807, 2.05) is 0 Å². The summed E-state index contributed by atoms with van der Waals surface area (Å²) in [4.78, 5) is 28.0. The fourth-order valence-corrected chi connectivity index (χ4v) is 4.26. The van der Waals surface area contributed by atoms with Gasteiger partial charge in [0, 0.05) is 11.4 Å². The van der Waals surface area contributed by atoms with Crippen LogP contribution in [-0.4, -0.2) is 48.4 Å². The van der Waals surface area contributed by atoms with Gasteiger partial charge in [0.05, 0.1) is 11.5 Å². The summed E-state index contributed by atoms with van der Waals surface area (Å²) in [6, 6.07) is -0.181. The van der Waals surface area contributed by atoms with Crippen molar-refractivity contribution in [2.45, 2.75) is 45.3 Å². The quantitative estimate of drug-likeness (QED) is 0.818. The number of amides is 1. The van der Waals surface area contributed by atoms with Crippen LogP contribution in [0.1, 0.15) is 53.9 Å². The second kappa shape index (κ2) is 6.56. The fourth-order valence-electron chi connectivity index (χ4n) is 2.08. The maximum Gasteiger partial charge on any atom is 0.358 e. The lowest BCUT2D eigenvalue weighted by Crippen LogP contribution is -2.40. The highest BCUT2D eigenvalue weighted by Crippen LogP contribution is 2.17. The Morgan fingerprint density at radius 3 is 2.48 bits per heavy atom. The fraction of sp³-hybridized carbons (Fsp3) is 0.643. The van der Waals surface area contributed by atoms with Crippen LogP contribution in [0.2, 0.25) is 0 Å². The molecule has 1 saturated heterocycles. The summed E-state index contributed by atoms with van der Waals surface area (Å²) in [7, 11) is -2.97. The van der Waals surface area contributed by atoms with E-state index in [4.69, 9.17) is 4.74 Å². The molecule has 9 heteroatoms. The van der Waals surface area contributed by atoms with Crippen LogP contribution < -0.4 is 5.32 Å². The summed E-state index contributed by atoms with van der Waals surface area (Å²) in [6.07, 6.45) is 0.802. The normalized spacial score (nSPS) is 18.4. The molecular weight excluding hydrogens is 340 g/mol. The van der Waals surface area contributed by atoms with Crippen LogP contribution in [-0.2, 0) is 14.6 Å². The third-order valence-electron chi connectivity index (χ3n) is 3.20. The molecule has 1 aromatic heterocycles. The molecule has 1 aliphatic heterocycles. The summed E-state index contributed by atoms with van der Waals surface area (Å²) in [5, 5.41) is 4.41. The van der Waals surface area contributed by atoms with E-state index < -0.39 is 27.3 Å². The molecule has 0 bridgehead atoms. The Bertz CT molecular complexity index is 689. The Morgan fingerprint density at radius 1 is 1.30 bits per heavy atom. The molecule has 0 spiro atoms. The first-order valence-electron chi connectivity index (χ1n) is 7.26. The molecule has 128 valence electrons. The van der Waals surface area contributed by atoms with Crippen molar-refractivity contribution >= 4 is 33.1 Å². The number of carbonyl (C=O) groups is 2. The minimum Gasteiger partial charge on any atom is -0.455 e. The van der Waals surface area contributed by atoms with E-state index in [9.17, 15) is 18.0 Å². The summed E-state index contributed by atoms with van der Waals surface area (Å²) in [5.74, 6) is -0.802. The van der Waals surface area contributed by atoms with Crippen molar-refractivity contribution in [1.29, 1.82) is 0 Å². The second-order valence-corrected chi connectivity index (χ2v) is 9.60. The Labute approximate surface area is 139 Å². The SMILES string of the molecule is CC(C)(C)OC(=O)c1csc(C(=O)NC2CCS(=O)(=O)CC2)n1. The van der Waals surface area contributed by atoms with Crippen molar-refractivity contribution in [2.75, 3.05) is 11.5 Å². The van der Waals surface area contributed by atoms with Gasteiger partial charge in [-0.1, -0.05) is 0 Å². The van der Waals surface area contributed by atoms with Crippen LogP contribution in [0.25, 0.3) is 0 Å². The number of carbonyl (C=O) groups excluding carboxylic acids is 2. The third-order valence-corrected chi connectivity index (χ3v) is 5.75. The van der Waals surface area contributed by atoms with E-state index in [2.05, 4.69) is 10.3 Å². The number of nitrogens with one attached hydrogen (secondary N) is 1. The van der Waals surface area contributed by atoms with Crippen LogP contribution >= 0.6 is 11.3 Å². The number of hydrogen-bond donors (Lipinski definition) is 1. The molecule has 7 nitrogen and oxygen atoms in total. The molecular formula is C14H20N2O5S2. The van der Waals surface area contributed by atoms with Gasteiger partial charge in [0.2, 0.25) is 0 Å². The van der Waals surface area contributed by atoms with Gasteiger partial charge in [0.25, 0.3) is 5.91 Å². The summed E-state index contributed by atoms with van der Waals surface area (Å²) >= 11 is 1.06. The highest BCUT2D eigenvalue weighted by Gasteiger charge is 2.26. The summed E-state index contributed by atoms with van der Waals surface area (Å²) in [6.45, 7) is 5.26. The number of aromatic nitrogens is 1. The van der Waals surface area contributed by atoms with Gasteiger partial charge >= 0.3 is 5.97 Å². The van der Waals surface area contributed by atoms with E-state index in [1.165, 1.54) is 5.38 Å². The van der Waals surface area contributed by atoms with Gasteiger partial charge in [-0.05, 0) is 33.6 Å². The summed E-state index contributed by atoms with van der Waals surface area (Å²) < 4.78 is 27.9. The largest absolute Gasteiger partial charge is 0.455 e. The van der Waals surface area contributed by atoms with E-state index in [0.29, 0.717) is 12.8 Å². The minimum absolute atomic E-state index is 0.0823. The third kappa shape index (κ3) is 5.28. The molecule has 0 aromatic carbocycles. The average Bonchev–Trinajstić information content (AvgIpc) is 2.89. The molecule has 0 aliphatic carbocycles. The maximum absolute atomic E-state index is 12.1. The van der Waals surface area contributed by atoms with Gasteiger partial charge in [0.15, 0.2) is 10.7 Å². The second-order valence-electron chi connectivity index (χ2n) is 6.44. The number of hydrogen-bond acceptors (Lipinski definition) is 7. The van der Waals surface area contributed by atoms with Crippen LogP contribution in [0.4, 0.5) is 0 Å². The predicted molar refractivity (Wildman–Crippen MR) is 86.4 cm³/mol. The Hall–Kier alpha value is -1.48. The highest BCUT2D eigenvalue weighted by molar-refractivity contribution is 7.91. The van der Waals surface area contributed by atoms with Gasteiger partial charge in [-0.2, -0.15) is 0 Å². The van der Waals surface area contributed by atoms with Crippen LogP contribution in [0.3, 0.4) is 0 Å². The molecule has 1 aliphatic rings.